The number of hydrogen-bond acceptors (Lipinski definition) is 2. The van der Waals surface area contributed by atoms with E-state index in [1.54, 1.807) is 0 Å². The van der Waals surface area contributed by atoms with Gasteiger partial charge in [0.1, 0.15) is 0 Å². The van der Waals surface area contributed by atoms with Crippen molar-refractivity contribution in [3.8, 4) is 0 Å². The summed E-state index contributed by atoms with van der Waals surface area (Å²) in [5, 5.41) is 0. The minimum absolute atomic E-state index is 0.821. The van der Waals surface area contributed by atoms with Crippen molar-refractivity contribution in [1.82, 2.24) is 4.90 Å². The minimum atomic E-state index is -4.64. The fourth-order valence-electron chi connectivity index (χ4n) is 2.15. The number of nitrogens with zero attached hydrogens (tertiary/aromatic N) is 1. The topological polar surface area (TPSA) is 81.0 Å². The van der Waals surface area contributed by atoms with Gasteiger partial charge in [-0.15, -0.1) is 0 Å². The molecule has 0 saturated heterocycles. The van der Waals surface area contributed by atoms with Crippen LogP contribution in [0.15, 0.2) is 0 Å². The van der Waals surface area contributed by atoms with Gasteiger partial charge in [-0.2, -0.15) is 0 Å². The molecule has 0 aliphatic rings. The van der Waals surface area contributed by atoms with Crippen LogP contribution in [-0.4, -0.2) is 39.7 Å². The van der Waals surface area contributed by atoms with Crippen LogP contribution in [0.5, 0.6) is 0 Å². The molecule has 5 nitrogen and oxygen atoms in total. The standard InChI is InChI=1S/C14H31N.H3O4P/c1-5-7-8-9-10-11-13-14(12-6-2)15(3)4;1-5(2,3)4/h14H,5-13H2,1-4H3;(H3,1,2,3,4). The maximum atomic E-state index is 8.88. The molecule has 6 heteroatoms. The number of phosphoric acid groups is 1. The second-order valence-corrected chi connectivity index (χ2v) is 6.50. The van der Waals surface area contributed by atoms with Gasteiger partial charge in [0.05, 0.1) is 0 Å². The van der Waals surface area contributed by atoms with Crippen molar-refractivity contribution in [2.45, 2.75) is 77.7 Å². The van der Waals surface area contributed by atoms with Gasteiger partial charge in [-0.25, -0.2) is 4.57 Å². The highest BCUT2D eigenvalue weighted by Crippen LogP contribution is 2.25. The van der Waals surface area contributed by atoms with E-state index in [0.717, 1.165) is 6.04 Å². The molecule has 0 radical (unpaired) electrons. The largest absolute Gasteiger partial charge is 0.466 e. The van der Waals surface area contributed by atoms with E-state index in [-0.39, 0.29) is 0 Å². The highest BCUT2D eigenvalue weighted by atomic mass is 31.2. The van der Waals surface area contributed by atoms with Crippen molar-refractivity contribution in [2.75, 3.05) is 14.1 Å². The second kappa shape index (κ2) is 14.0. The van der Waals surface area contributed by atoms with Gasteiger partial charge in [0.2, 0.25) is 0 Å². The molecule has 0 fully saturated rings. The number of hydrogen-bond donors (Lipinski definition) is 3. The highest BCUT2D eigenvalue weighted by molar-refractivity contribution is 7.45. The maximum Gasteiger partial charge on any atom is 0.466 e. The molecule has 0 heterocycles. The molecule has 0 aromatic rings. The summed E-state index contributed by atoms with van der Waals surface area (Å²) in [5.74, 6) is 0. The lowest BCUT2D eigenvalue weighted by molar-refractivity contribution is 0.256. The summed E-state index contributed by atoms with van der Waals surface area (Å²) in [7, 11) is -0.200. The Morgan fingerprint density at radius 1 is 0.850 bits per heavy atom. The fourth-order valence-corrected chi connectivity index (χ4v) is 2.15. The average Bonchev–Trinajstić information content (AvgIpc) is 2.29. The van der Waals surface area contributed by atoms with Crippen LogP contribution in [0.2, 0.25) is 0 Å². The van der Waals surface area contributed by atoms with E-state index in [4.69, 9.17) is 19.2 Å². The van der Waals surface area contributed by atoms with Crippen molar-refractivity contribution in [3.63, 3.8) is 0 Å². The van der Waals surface area contributed by atoms with Crippen LogP contribution in [0.1, 0.15) is 71.6 Å². The van der Waals surface area contributed by atoms with Gasteiger partial charge < -0.3 is 19.6 Å². The van der Waals surface area contributed by atoms with E-state index in [9.17, 15) is 0 Å². The molecule has 0 aliphatic heterocycles. The summed E-state index contributed by atoms with van der Waals surface area (Å²) in [6.07, 6.45) is 12.6. The van der Waals surface area contributed by atoms with Crippen LogP contribution in [-0.2, 0) is 4.57 Å². The maximum absolute atomic E-state index is 8.88. The zero-order valence-corrected chi connectivity index (χ0v) is 14.5. The first-order valence-corrected chi connectivity index (χ1v) is 9.23. The van der Waals surface area contributed by atoms with Crippen molar-refractivity contribution < 1.29 is 19.2 Å². The van der Waals surface area contributed by atoms with Crippen molar-refractivity contribution in [1.29, 1.82) is 0 Å². The van der Waals surface area contributed by atoms with Crippen molar-refractivity contribution >= 4 is 7.82 Å². The molecule has 0 aromatic heterocycles. The van der Waals surface area contributed by atoms with Crippen molar-refractivity contribution in [3.05, 3.63) is 0 Å². The monoisotopic (exact) mass is 311 g/mol. The van der Waals surface area contributed by atoms with Gasteiger partial charge in [0, 0.05) is 6.04 Å². The van der Waals surface area contributed by atoms with Crippen molar-refractivity contribution in [2.24, 2.45) is 0 Å². The Bertz CT molecular complexity index is 235. The molecule has 1 unspecified atom stereocenters. The lowest BCUT2D eigenvalue weighted by Gasteiger charge is -2.23. The van der Waals surface area contributed by atoms with Crippen LogP contribution >= 0.6 is 7.82 Å². The molecule has 0 bridgehead atoms. The van der Waals surface area contributed by atoms with E-state index in [1.807, 2.05) is 0 Å². The van der Waals surface area contributed by atoms with Crippen LogP contribution in [0.25, 0.3) is 0 Å². The number of rotatable bonds is 10. The molecular weight excluding hydrogens is 277 g/mol. The van der Waals surface area contributed by atoms with Crippen LogP contribution in [0.4, 0.5) is 0 Å². The Hall–Kier alpha value is 0.0700. The van der Waals surface area contributed by atoms with E-state index >= 15 is 0 Å². The van der Waals surface area contributed by atoms with Gasteiger partial charge in [-0.1, -0.05) is 58.8 Å². The molecule has 124 valence electrons. The first kappa shape index (κ1) is 22.4. The third-order valence-corrected chi connectivity index (χ3v) is 3.24. The molecule has 0 aliphatic carbocycles. The van der Waals surface area contributed by atoms with Gasteiger partial charge in [0.25, 0.3) is 0 Å². The average molecular weight is 311 g/mol. The highest BCUT2D eigenvalue weighted by Gasteiger charge is 2.08. The number of unbranched alkanes of at least 4 members (excludes halogenated alkanes) is 5. The first-order valence-electron chi connectivity index (χ1n) is 7.67. The van der Waals surface area contributed by atoms with E-state index < -0.39 is 7.82 Å². The fraction of sp³-hybridized carbons (Fsp3) is 1.00. The van der Waals surface area contributed by atoms with Gasteiger partial charge in [-0.05, 0) is 26.9 Å². The van der Waals surface area contributed by atoms with Crippen LogP contribution < -0.4 is 0 Å². The molecular formula is C14H34NO4P. The summed E-state index contributed by atoms with van der Waals surface area (Å²) in [5.41, 5.74) is 0. The smallest absolute Gasteiger partial charge is 0.306 e. The first-order chi connectivity index (χ1) is 9.22. The molecule has 0 saturated carbocycles. The Kier molecular flexibility index (Phi) is 15.7. The lowest BCUT2D eigenvalue weighted by Crippen LogP contribution is -2.27. The lowest BCUT2D eigenvalue weighted by atomic mass is 10.0. The summed E-state index contributed by atoms with van der Waals surface area (Å²) >= 11 is 0. The van der Waals surface area contributed by atoms with E-state index in [0.29, 0.717) is 0 Å². The van der Waals surface area contributed by atoms with Crippen LogP contribution in [0.3, 0.4) is 0 Å². The molecule has 0 amide bonds. The second-order valence-electron chi connectivity index (χ2n) is 5.48. The minimum Gasteiger partial charge on any atom is -0.306 e. The predicted octanol–water partition coefficient (Wildman–Crippen LogP) is 3.54. The summed E-state index contributed by atoms with van der Waals surface area (Å²) in [6.45, 7) is 4.57. The quantitative estimate of drug-likeness (QED) is 0.425. The molecule has 0 aromatic carbocycles. The zero-order chi connectivity index (χ0) is 16.0. The van der Waals surface area contributed by atoms with Gasteiger partial charge >= 0.3 is 7.82 Å². The third kappa shape index (κ3) is 23.2. The van der Waals surface area contributed by atoms with Gasteiger partial charge in [-0.3, -0.25) is 0 Å². The zero-order valence-electron chi connectivity index (χ0n) is 13.6. The summed E-state index contributed by atoms with van der Waals surface area (Å²) in [6, 6.07) is 0.821. The molecule has 0 rings (SSSR count). The summed E-state index contributed by atoms with van der Waals surface area (Å²) in [4.78, 5) is 24.0. The Morgan fingerprint density at radius 3 is 1.70 bits per heavy atom. The van der Waals surface area contributed by atoms with E-state index in [2.05, 4.69) is 32.8 Å². The molecule has 1 atom stereocenters. The molecule has 3 N–H and O–H groups in total. The van der Waals surface area contributed by atoms with E-state index in [1.165, 1.54) is 57.8 Å². The Balaban J connectivity index is 0. The van der Waals surface area contributed by atoms with Gasteiger partial charge in [0.15, 0.2) is 0 Å². The molecule has 0 spiro atoms. The molecule has 20 heavy (non-hydrogen) atoms. The predicted molar refractivity (Wildman–Crippen MR) is 84.6 cm³/mol. The normalized spacial score (nSPS) is 13.0. The van der Waals surface area contributed by atoms with Crippen LogP contribution in [0, 0.1) is 0 Å². The summed E-state index contributed by atoms with van der Waals surface area (Å²) < 4.78 is 8.88. The Labute approximate surface area is 124 Å². The SMILES string of the molecule is CCCCCCCCC(CCC)N(C)C.O=P(O)(O)O. The third-order valence-electron chi connectivity index (χ3n) is 3.24. The Morgan fingerprint density at radius 2 is 1.30 bits per heavy atom.